The summed E-state index contributed by atoms with van der Waals surface area (Å²) in [6, 6.07) is 13.7. The Morgan fingerprint density at radius 2 is 1.81 bits per heavy atom. The van der Waals surface area contributed by atoms with Crippen LogP contribution in [0.2, 0.25) is 5.02 Å². The van der Waals surface area contributed by atoms with Crippen LogP contribution in [0, 0.1) is 5.92 Å². The molecule has 0 aliphatic carbocycles. The van der Waals surface area contributed by atoms with Crippen LogP contribution in [-0.2, 0) is 14.4 Å². The Balaban J connectivity index is 1.38. The monoisotopic (exact) mass is 441 g/mol. The summed E-state index contributed by atoms with van der Waals surface area (Å²) in [7, 11) is 1.51. The molecule has 0 radical (unpaired) electrons. The van der Waals surface area contributed by atoms with Gasteiger partial charge in [0.2, 0.25) is 11.8 Å². The number of imide groups is 1. The van der Waals surface area contributed by atoms with Crippen LogP contribution in [0.1, 0.15) is 19.3 Å². The fraction of sp³-hybridized carbons (Fsp3) is 0.348. The minimum Gasteiger partial charge on any atom is -0.495 e. The smallest absolute Gasteiger partial charge is 0.251 e. The van der Waals surface area contributed by atoms with Crippen molar-refractivity contribution in [3.63, 3.8) is 0 Å². The molecular formula is C23H24ClN3O4. The minimum absolute atomic E-state index is 0.00539. The molecule has 0 aromatic heterocycles. The molecular weight excluding hydrogens is 418 g/mol. The SMILES string of the molecule is COc1ccc(N2C(=O)CC(N3CCC(C(=O)Nc4ccccc4)CC3)C2=O)cc1Cl. The molecule has 31 heavy (non-hydrogen) atoms. The standard InChI is InChI=1S/C23H24ClN3O4/c1-31-20-8-7-17(13-18(20)24)27-21(28)14-19(23(27)30)26-11-9-15(10-12-26)22(29)25-16-5-3-2-4-6-16/h2-8,13,15,19H,9-12,14H2,1H3,(H,25,29). The second-order valence-electron chi connectivity index (χ2n) is 7.77. The molecule has 0 spiro atoms. The van der Waals surface area contributed by atoms with Crippen LogP contribution in [0.15, 0.2) is 48.5 Å². The van der Waals surface area contributed by atoms with Gasteiger partial charge in [-0.05, 0) is 56.3 Å². The van der Waals surface area contributed by atoms with Crippen molar-refractivity contribution in [2.75, 3.05) is 30.4 Å². The van der Waals surface area contributed by atoms with Crippen molar-refractivity contribution >= 4 is 40.7 Å². The van der Waals surface area contributed by atoms with Crippen molar-refractivity contribution in [1.82, 2.24) is 4.90 Å². The second kappa shape index (κ2) is 9.08. The van der Waals surface area contributed by atoms with Gasteiger partial charge in [-0.15, -0.1) is 0 Å². The highest BCUT2D eigenvalue weighted by Crippen LogP contribution is 2.33. The highest BCUT2D eigenvalue weighted by Gasteiger charge is 2.44. The van der Waals surface area contributed by atoms with Crippen LogP contribution in [0.4, 0.5) is 11.4 Å². The van der Waals surface area contributed by atoms with Crippen molar-refractivity contribution in [2.45, 2.75) is 25.3 Å². The average molecular weight is 442 g/mol. The lowest BCUT2D eigenvalue weighted by molar-refractivity contribution is -0.123. The maximum atomic E-state index is 13.0. The Bertz CT molecular complexity index is 990. The summed E-state index contributed by atoms with van der Waals surface area (Å²) in [5.74, 6) is -0.134. The topological polar surface area (TPSA) is 79.0 Å². The molecule has 0 saturated carbocycles. The number of nitrogens with zero attached hydrogens (tertiary/aromatic N) is 2. The summed E-state index contributed by atoms with van der Waals surface area (Å²) in [5.41, 5.74) is 1.22. The molecule has 2 aliphatic heterocycles. The van der Waals surface area contributed by atoms with Crippen LogP contribution in [0.25, 0.3) is 0 Å². The van der Waals surface area contributed by atoms with Crippen LogP contribution < -0.4 is 15.0 Å². The highest BCUT2D eigenvalue weighted by atomic mass is 35.5. The Kier molecular flexibility index (Phi) is 6.25. The third-order valence-corrected chi connectivity index (χ3v) is 6.19. The molecule has 1 N–H and O–H groups in total. The van der Waals surface area contributed by atoms with E-state index in [0.29, 0.717) is 42.4 Å². The van der Waals surface area contributed by atoms with Gasteiger partial charge < -0.3 is 10.1 Å². The molecule has 7 nitrogen and oxygen atoms in total. The second-order valence-corrected chi connectivity index (χ2v) is 8.18. The number of hydrogen-bond acceptors (Lipinski definition) is 5. The molecule has 1 atom stereocenters. The quantitative estimate of drug-likeness (QED) is 0.720. The van der Waals surface area contributed by atoms with Crippen molar-refractivity contribution in [1.29, 1.82) is 0 Å². The Morgan fingerprint density at radius 1 is 1.10 bits per heavy atom. The van der Waals surface area contributed by atoms with E-state index >= 15 is 0 Å². The number of halogens is 1. The molecule has 4 rings (SSSR count). The molecule has 162 valence electrons. The molecule has 2 heterocycles. The molecule has 2 fully saturated rings. The molecule has 0 bridgehead atoms. The van der Waals surface area contributed by atoms with Gasteiger partial charge in [0, 0.05) is 11.6 Å². The van der Waals surface area contributed by atoms with E-state index in [1.165, 1.54) is 12.0 Å². The number of ether oxygens (including phenoxy) is 1. The van der Waals surface area contributed by atoms with E-state index in [-0.39, 0.29) is 30.1 Å². The third kappa shape index (κ3) is 4.43. The Hall–Kier alpha value is -2.90. The Morgan fingerprint density at radius 3 is 2.45 bits per heavy atom. The van der Waals surface area contributed by atoms with Crippen molar-refractivity contribution in [2.24, 2.45) is 5.92 Å². The normalized spacial score (nSPS) is 20.2. The van der Waals surface area contributed by atoms with Gasteiger partial charge in [0.15, 0.2) is 0 Å². The van der Waals surface area contributed by atoms with E-state index < -0.39 is 6.04 Å². The van der Waals surface area contributed by atoms with Crippen molar-refractivity contribution in [3.05, 3.63) is 53.6 Å². The molecule has 1 unspecified atom stereocenters. The number of nitrogens with one attached hydrogen (secondary N) is 1. The van der Waals surface area contributed by atoms with E-state index in [1.54, 1.807) is 18.2 Å². The lowest BCUT2D eigenvalue weighted by atomic mass is 9.94. The average Bonchev–Trinajstić information content (AvgIpc) is 3.08. The van der Waals surface area contributed by atoms with Gasteiger partial charge in [-0.25, -0.2) is 4.90 Å². The number of carbonyl (C=O) groups excluding carboxylic acids is 3. The van der Waals surface area contributed by atoms with Crippen LogP contribution >= 0.6 is 11.6 Å². The maximum Gasteiger partial charge on any atom is 0.251 e. The van der Waals surface area contributed by atoms with Gasteiger partial charge in [0.25, 0.3) is 5.91 Å². The van der Waals surface area contributed by atoms with Crippen molar-refractivity contribution < 1.29 is 19.1 Å². The van der Waals surface area contributed by atoms with Crippen LogP contribution in [0.3, 0.4) is 0 Å². The van der Waals surface area contributed by atoms with Gasteiger partial charge in [0.05, 0.1) is 30.3 Å². The first-order valence-electron chi connectivity index (χ1n) is 10.3. The first kappa shape index (κ1) is 21.3. The van der Waals surface area contributed by atoms with E-state index in [1.807, 2.05) is 35.2 Å². The zero-order valence-corrected chi connectivity index (χ0v) is 18.0. The molecule has 3 amide bonds. The molecule has 2 aromatic rings. The summed E-state index contributed by atoms with van der Waals surface area (Å²) in [4.78, 5) is 41.4. The van der Waals surface area contributed by atoms with Gasteiger partial charge in [0.1, 0.15) is 5.75 Å². The number of piperidine rings is 1. The van der Waals surface area contributed by atoms with E-state index in [2.05, 4.69) is 5.32 Å². The number of carbonyl (C=O) groups is 3. The molecule has 2 aromatic carbocycles. The van der Waals surface area contributed by atoms with Gasteiger partial charge in [-0.2, -0.15) is 0 Å². The number of likely N-dealkylation sites (tertiary alicyclic amines) is 1. The first-order chi connectivity index (χ1) is 15.0. The molecule has 8 heteroatoms. The zero-order chi connectivity index (χ0) is 22.0. The number of methoxy groups -OCH3 is 1. The van der Waals surface area contributed by atoms with Gasteiger partial charge in [-0.1, -0.05) is 29.8 Å². The number of para-hydroxylation sites is 1. The van der Waals surface area contributed by atoms with Crippen LogP contribution in [0.5, 0.6) is 5.75 Å². The molecule has 2 saturated heterocycles. The van der Waals surface area contributed by atoms with Crippen LogP contribution in [-0.4, -0.2) is 48.9 Å². The van der Waals surface area contributed by atoms with Gasteiger partial charge >= 0.3 is 0 Å². The maximum absolute atomic E-state index is 13.0. The minimum atomic E-state index is -0.508. The summed E-state index contributed by atoms with van der Waals surface area (Å²) >= 11 is 6.17. The van der Waals surface area contributed by atoms with E-state index in [4.69, 9.17) is 16.3 Å². The number of benzene rings is 2. The third-order valence-electron chi connectivity index (χ3n) is 5.90. The first-order valence-corrected chi connectivity index (χ1v) is 10.7. The molecule has 2 aliphatic rings. The number of amides is 3. The highest BCUT2D eigenvalue weighted by molar-refractivity contribution is 6.33. The fourth-order valence-electron chi connectivity index (χ4n) is 4.21. The van der Waals surface area contributed by atoms with Gasteiger partial charge in [-0.3, -0.25) is 19.3 Å². The van der Waals surface area contributed by atoms with E-state index in [0.717, 1.165) is 5.69 Å². The summed E-state index contributed by atoms with van der Waals surface area (Å²) < 4.78 is 5.14. The largest absolute Gasteiger partial charge is 0.495 e. The summed E-state index contributed by atoms with van der Waals surface area (Å²) in [6.07, 6.45) is 1.42. The Labute approximate surface area is 185 Å². The predicted octanol–water partition coefficient (Wildman–Crippen LogP) is 3.33. The lowest BCUT2D eigenvalue weighted by Crippen LogP contribution is -2.47. The zero-order valence-electron chi connectivity index (χ0n) is 17.2. The van der Waals surface area contributed by atoms with Crippen molar-refractivity contribution in [3.8, 4) is 5.75 Å². The number of anilines is 2. The number of rotatable bonds is 5. The summed E-state index contributed by atoms with van der Waals surface area (Å²) in [6.45, 7) is 1.18. The fourth-order valence-corrected chi connectivity index (χ4v) is 4.46. The number of hydrogen-bond donors (Lipinski definition) is 1. The predicted molar refractivity (Wildman–Crippen MR) is 118 cm³/mol. The van der Waals surface area contributed by atoms with E-state index in [9.17, 15) is 14.4 Å². The lowest BCUT2D eigenvalue weighted by Gasteiger charge is -2.34. The summed E-state index contributed by atoms with van der Waals surface area (Å²) in [5, 5.41) is 3.29.